The van der Waals surface area contributed by atoms with E-state index in [1.807, 2.05) is 34.0 Å². The first kappa shape index (κ1) is 38.1. The molecule has 0 atom stereocenters. The Morgan fingerprint density at radius 1 is 0.473 bits per heavy atom. The molecule has 0 N–H and O–H groups in total. The van der Waals surface area contributed by atoms with E-state index < -0.39 is 0 Å². The molecule has 1 nitrogen and oxygen atoms in total. The average molecular weight is 778 g/mol. The first-order valence-corrected chi connectivity index (χ1v) is 23.4. The van der Waals surface area contributed by atoms with Crippen molar-refractivity contribution in [2.75, 3.05) is 0 Å². The molecule has 282 valence electrons. The Bertz CT molecular complexity index is 2530. The van der Waals surface area contributed by atoms with Crippen molar-refractivity contribution in [3.05, 3.63) is 113 Å². The van der Waals surface area contributed by atoms with Crippen LogP contribution in [0.3, 0.4) is 0 Å². The summed E-state index contributed by atoms with van der Waals surface area (Å²) in [7, 11) is 0. The number of fused-ring (bicyclic) bond motifs is 6. The summed E-state index contributed by atoms with van der Waals surface area (Å²) in [6.07, 6.45) is 18.2. The third-order valence-electron chi connectivity index (χ3n) is 11.5. The normalized spacial score (nSPS) is 11.9. The smallest absolute Gasteiger partial charge is 0.124 e. The molecule has 0 fully saturated rings. The Balaban J connectivity index is 1.22. The molecule has 3 aromatic heterocycles. The van der Waals surface area contributed by atoms with Crippen LogP contribution in [0.25, 0.3) is 72.6 Å². The molecule has 0 saturated carbocycles. The van der Waals surface area contributed by atoms with Crippen LogP contribution in [0, 0.1) is 13.8 Å². The van der Waals surface area contributed by atoms with Crippen molar-refractivity contribution in [2.24, 2.45) is 0 Å². The summed E-state index contributed by atoms with van der Waals surface area (Å²) >= 11 is 5.71. The lowest BCUT2D eigenvalue weighted by atomic mass is 9.87. The van der Waals surface area contributed by atoms with Crippen molar-refractivity contribution >= 4 is 73.8 Å². The van der Waals surface area contributed by atoms with Crippen molar-refractivity contribution in [3.8, 4) is 32.8 Å². The standard InChI is InChI=1S/C51H55NS3/c1-5-7-9-11-13-15-19-36-32-44(38(28-35(36)4)20-16-14-12-10-8-6-2)40-29-39(30-41(31-40)51-52-45-21-17-18-22-46(45)55-51)37-24-26-43-48(33-37)54-49-42-25-23-34(3)27-47(42)53-50(43)49/h17-18,21-33H,5-16,19-20H2,1-4H3. The quantitative estimate of drug-likeness (QED) is 0.0839. The number of rotatable bonds is 17. The van der Waals surface area contributed by atoms with Gasteiger partial charge in [-0.15, -0.1) is 34.0 Å². The molecule has 4 heteroatoms. The van der Waals surface area contributed by atoms with Crippen LogP contribution < -0.4 is 0 Å². The second-order valence-electron chi connectivity index (χ2n) is 15.8. The topological polar surface area (TPSA) is 12.9 Å². The molecule has 0 radical (unpaired) electrons. The van der Waals surface area contributed by atoms with Crippen molar-refractivity contribution < 1.29 is 0 Å². The molecule has 8 aromatic rings. The highest BCUT2D eigenvalue weighted by molar-refractivity contribution is 7.36. The lowest BCUT2D eigenvalue weighted by Crippen LogP contribution is -1.99. The predicted octanol–water partition coefficient (Wildman–Crippen LogP) is 17.3. The van der Waals surface area contributed by atoms with Crippen molar-refractivity contribution in [2.45, 2.75) is 118 Å². The number of para-hydroxylation sites is 1. The van der Waals surface area contributed by atoms with E-state index in [0.717, 1.165) is 23.4 Å². The molecule has 0 spiro atoms. The van der Waals surface area contributed by atoms with Gasteiger partial charge in [-0.05, 0) is 127 Å². The van der Waals surface area contributed by atoms with Crippen molar-refractivity contribution in [1.29, 1.82) is 0 Å². The van der Waals surface area contributed by atoms with Crippen LogP contribution in [0.5, 0.6) is 0 Å². The van der Waals surface area contributed by atoms with Gasteiger partial charge in [0.25, 0.3) is 0 Å². The van der Waals surface area contributed by atoms with E-state index in [2.05, 4.69) is 119 Å². The van der Waals surface area contributed by atoms with Gasteiger partial charge in [-0.25, -0.2) is 4.98 Å². The Morgan fingerprint density at radius 2 is 1.09 bits per heavy atom. The zero-order chi connectivity index (χ0) is 37.7. The fourth-order valence-electron chi connectivity index (χ4n) is 8.36. The van der Waals surface area contributed by atoms with Crippen LogP contribution in [0.2, 0.25) is 0 Å². The van der Waals surface area contributed by atoms with Gasteiger partial charge in [-0.1, -0.05) is 127 Å². The molecule has 0 aliphatic heterocycles. The van der Waals surface area contributed by atoms with Crippen LogP contribution in [0.1, 0.15) is 113 Å². The first-order chi connectivity index (χ1) is 27.0. The van der Waals surface area contributed by atoms with Gasteiger partial charge in [0.05, 0.1) is 19.6 Å². The highest BCUT2D eigenvalue weighted by Crippen LogP contribution is 2.46. The van der Waals surface area contributed by atoms with E-state index in [9.17, 15) is 0 Å². The molecule has 8 rings (SSSR count). The van der Waals surface area contributed by atoms with E-state index in [-0.39, 0.29) is 0 Å². The number of hydrogen-bond acceptors (Lipinski definition) is 4. The molecule has 0 aliphatic carbocycles. The highest BCUT2D eigenvalue weighted by Gasteiger charge is 2.17. The zero-order valence-corrected chi connectivity index (χ0v) is 35.7. The number of benzene rings is 5. The Labute approximate surface area is 340 Å². The first-order valence-electron chi connectivity index (χ1n) is 21.0. The number of aromatic nitrogens is 1. The molecule has 0 amide bonds. The summed E-state index contributed by atoms with van der Waals surface area (Å²) in [6, 6.07) is 35.1. The number of unbranched alkanes of at least 4 members (excludes halogenated alkanes) is 10. The molecule has 0 bridgehead atoms. The molecule has 55 heavy (non-hydrogen) atoms. The second kappa shape index (κ2) is 17.5. The largest absolute Gasteiger partial charge is 0.236 e. The fourth-order valence-corrected chi connectivity index (χ4v) is 12.1. The van der Waals surface area contributed by atoms with Gasteiger partial charge in [0, 0.05) is 25.7 Å². The van der Waals surface area contributed by atoms with Crippen LogP contribution in [-0.2, 0) is 12.8 Å². The molecule has 5 aromatic carbocycles. The summed E-state index contributed by atoms with van der Waals surface area (Å²) in [5.41, 5.74) is 13.4. The van der Waals surface area contributed by atoms with Gasteiger partial charge in [0.1, 0.15) is 5.01 Å². The third kappa shape index (κ3) is 8.48. The van der Waals surface area contributed by atoms with Crippen LogP contribution in [0.4, 0.5) is 0 Å². The van der Waals surface area contributed by atoms with E-state index in [0.29, 0.717) is 0 Å². The van der Waals surface area contributed by atoms with Gasteiger partial charge in [-0.2, -0.15) is 0 Å². The number of thiazole rings is 1. The SMILES string of the molecule is CCCCCCCCc1cc(-c2cc(-c3ccc4c(c3)sc3c5ccc(C)cc5sc43)cc(-c3nc4ccccc4s3)c2)c(CCCCCCCC)cc1C. The maximum absolute atomic E-state index is 5.19. The molecule has 3 heterocycles. The Morgan fingerprint density at radius 3 is 1.82 bits per heavy atom. The van der Waals surface area contributed by atoms with Gasteiger partial charge >= 0.3 is 0 Å². The molecule has 0 saturated heterocycles. The maximum atomic E-state index is 5.19. The molecular weight excluding hydrogens is 723 g/mol. The number of aryl methyl sites for hydroxylation is 4. The second-order valence-corrected chi connectivity index (χ2v) is 19.0. The van der Waals surface area contributed by atoms with Crippen molar-refractivity contribution in [3.63, 3.8) is 0 Å². The van der Waals surface area contributed by atoms with Gasteiger partial charge in [0.2, 0.25) is 0 Å². The third-order valence-corrected chi connectivity index (χ3v) is 15.1. The summed E-state index contributed by atoms with van der Waals surface area (Å²) < 4.78 is 6.85. The maximum Gasteiger partial charge on any atom is 0.124 e. The summed E-state index contributed by atoms with van der Waals surface area (Å²) in [6.45, 7) is 9.16. The zero-order valence-electron chi connectivity index (χ0n) is 33.2. The predicted molar refractivity (Wildman–Crippen MR) is 248 cm³/mol. The summed E-state index contributed by atoms with van der Waals surface area (Å²) in [4.78, 5) is 5.19. The van der Waals surface area contributed by atoms with Crippen LogP contribution >= 0.6 is 34.0 Å². The van der Waals surface area contributed by atoms with Gasteiger partial charge < -0.3 is 0 Å². The lowest BCUT2D eigenvalue weighted by Gasteiger charge is -2.17. The summed E-state index contributed by atoms with van der Waals surface area (Å²) in [5.74, 6) is 0. The van der Waals surface area contributed by atoms with Crippen molar-refractivity contribution in [1.82, 2.24) is 4.98 Å². The number of hydrogen-bond donors (Lipinski definition) is 0. The number of thiophene rings is 2. The minimum Gasteiger partial charge on any atom is -0.236 e. The van der Waals surface area contributed by atoms with Gasteiger partial charge in [0.15, 0.2) is 0 Å². The van der Waals surface area contributed by atoms with E-state index in [1.54, 1.807) is 0 Å². The fraction of sp³-hybridized carbons (Fsp3) is 0.353. The van der Waals surface area contributed by atoms with E-state index in [1.165, 1.54) is 161 Å². The van der Waals surface area contributed by atoms with Gasteiger partial charge in [-0.3, -0.25) is 0 Å². The highest BCUT2D eigenvalue weighted by atomic mass is 32.1. The molecule has 0 unspecified atom stereocenters. The minimum absolute atomic E-state index is 1.08. The Hall–Kier alpha value is -3.83. The van der Waals surface area contributed by atoms with E-state index in [4.69, 9.17) is 4.98 Å². The molecular formula is C51H55NS3. The van der Waals surface area contributed by atoms with Crippen LogP contribution in [0.15, 0.2) is 91.0 Å². The number of nitrogens with zero attached hydrogens (tertiary/aromatic N) is 1. The average Bonchev–Trinajstić information content (AvgIpc) is 3.89. The monoisotopic (exact) mass is 777 g/mol. The lowest BCUT2D eigenvalue weighted by molar-refractivity contribution is 0.605. The minimum atomic E-state index is 1.08. The summed E-state index contributed by atoms with van der Waals surface area (Å²) in [5, 5.41) is 3.87. The van der Waals surface area contributed by atoms with Crippen LogP contribution in [-0.4, -0.2) is 4.98 Å². The molecule has 0 aliphatic rings. The van der Waals surface area contributed by atoms with E-state index >= 15 is 0 Å². The Kier molecular flexibility index (Phi) is 12.1.